The summed E-state index contributed by atoms with van der Waals surface area (Å²) in [6, 6.07) is 9.92. The zero-order valence-electron chi connectivity index (χ0n) is 11.3. The van der Waals surface area contributed by atoms with E-state index in [4.69, 9.17) is 0 Å². The van der Waals surface area contributed by atoms with Crippen LogP contribution < -0.4 is 0 Å². The molecule has 0 amide bonds. The molecule has 2 aromatic heterocycles. The third kappa shape index (κ3) is 2.64. The van der Waals surface area contributed by atoms with Gasteiger partial charge >= 0.3 is 5.97 Å². The van der Waals surface area contributed by atoms with Crippen molar-refractivity contribution in [3.63, 3.8) is 0 Å². The highest BCUT2D eigenvalue weighted by atomic mass is 16.5. The zero-order chi connectivity index (χ0) is 14.7. The van der Waals surface area contributed by atoms with Crippen LogP contribution in [-0.4, -0.2) is 32.8 Å². The van der Waals surface area contributed by atoms with Crippen LogP contribution in [0.4, 0.5) is 0 Å². The van der Waals surface area contributed by atoms with E-state index in [-0.39, 0.29) is 5.69 Å². The van der Waals surface area contributed by atoms with Gasteiger partial charge in [0.25, 0.3) is 0 Å². The summed E-state index contributed by atoms with van der Waals surface area (Å²) in [4.78, 5) is 19.5. The van der Waals surface area contributed by atoms with Gasteiger partial charge < -0.3 is 4.74 Å². The lowest BCUT2D eigenvalue weighted by Gasteiger charge is -2.01. The number of aromatic nitrogens is 4. The van der Waals surface area contributed by atoms with Crippen LogP contribution in [0.15, 0.2) is 55.1 Å². The summed E-state index contributed by atoms with van der Waals surface area (Å²) in [6.07, 6.45) is 6.46. The second-order valence-electron chi connectivity index (χ2n) is 4.29. The Kier molecular flexibility index (Phi) is 3.42. The number of carbonyl (C=O) groups is 1. The van der Waals surface area contributed by atoms with Crippen molar-refractivity contribution in [3.8, 4) is 16.9 Å². The number of esters is 1. The van der Waals surface area contributed by atoms with Gasteiger partial charge in [-0.3, -0.25) is 0 Å². The molecule has 21 heavy (non-hydrogen) atoms. The molecular weight excluding hydrogens is 268 g/mol. The molecule has 0 aliphatic heterocycles. The minimum Gasteiger partial charge on any atom is -0.464 e. The smallest absolute Gasteiger partial charge is 0.358 e. The van der Waals surface area contributed by atoms with Crippen LogP contribution in [0, 0.1) is 0 Å². The van der Waals surface area contributed by atoms with Gasteiger partial charge in [-0.2, -0.15) is 5.10 Å². The lowest BCUT2D eigenvalue weighted by Crippen LogP contribution is -2.07. The number of ether oxygens (including phenoxy) is 1. The average Bonchev–Trinajstić information content (AvgIpc) is 3.05. The molecule has 0 unspecified atom stereocenters. The van der Waals surface area contributed by atoms with Gasteiger partial charge in [-0.1, -0.05) is 30.3 Å². The molecule has 0 aliphatic carbocycles. The fourth-order valence-corrected chi connectivity index (χ4v) is 1.88. The summed E-state index contributed by atoms with van der Waals surface area (Å²) in [5.74, 6) is 0.0179. The SMILES string of the molecule is COC(=O)c1cnc(-n2cc(-c3ccccc3)cn2)cn1. The highest BCUT2D eigenvalue weighted by Gasteiger charge is 2.09. The first kappa shape index (κ1) is 13.0. The van der Waals surface area contributed by atoms with E-state index in [0.717, 1.165) is 11.1 Å². The second-order valence-corrected chi connectivity index (χ2v) is 4.29. The molecule has 1 aromatic carbocycles. The molecule has 6 heteroatoms. The Balaban J connectivity index is 1.88. The predicted octanol–water partition coefficient (Wildman–Crippen LogP) is 2.12. The maximum atomic E-state index is 11.3. The Morgan fingerprint density at radius 3 is 2.52 bits per heavy atom. The van der Waals surface area contributed by atoms with Crippen molar-refractivity contribution in [1.82, 2.24) is 19.7 Å². The molecule has 0 N–H and O–H groups in total. The van der Waals surface area contributed by atoms with Gasteiger partial charge in [-0.25, -0.2) is 19.4 Å². The largest absolute Gasteiger partial charge is 0.464 e. The maximum absolute atomic E-state index is 11.3. The summed E-state index contributed by atoms with van der Waals surface area (Å²) in [5, 5.41) is 4.26. The minimum atomic E-state index is -0.514. The quantitative estimate of drug-likeness (QED) is 0.687. The Labute approximate surface area is 121 Å². The van der Waals surface area contributed by atoms with Crippen molar-refractivity contribution in [2.24, 2.45) is 0 Å². The van der Waals surface area contributed by atoms with Crippen LogP contribution in [0.2, 0.25) is 0 Å². The molecule has 104 valence electrons. The number of benzene rings is 1. The van der Waals surface area contributed by atoms with Crippen molar-refractivity contribution in [2.75, 3.05) is 7.11 Å². The van der Waals surface area contributed by atoms with E-state index in [2.05, 4.69) is 19.8 Å². The summed E-state index contributed by atoms with van der Waals surface area (Å²) in [5.41, 5.74) is 2.22. The predicted molar refractivity (Wildman–Crippen MR) is 75.9 cm³/mol. The van der Waals surface area contributed by atoms with Crippen molar-refractivity contribution in [3.05, 3.63) is 60.8 Å². The van der Waals surface area contributed by atoms with E-state index in [0.29, 0.717) is 5.82 Å². The van der Waals surface area contributed by atoms with Gasteiger partial charge in [0.2, 0.25) is 0 Å². The van der Waals surface area contributed by atoms with Crippen LogP contribution in [0.25, 0.3) is 16.9 Å². The first-order valence-electron chi connectivity index (χ1n) is 6.29. The molecule has 6 nitrogen and oxygen atoms in total. The number of methoxy groups -OCH3 is 1. The van der Waals surface area contributed by atoms with Gasteiger partial charge in [0.1, 0.15) is 0 Å². The van der Waals surface area contributed by atoms with Crippen LogP contribution >= 0.6 is 0 Å². The minimum absolute atomic E-state index is 0.164. The molecule has 0 radical (unpaired) electrons. The summed E-state index contributed by atoms with van der Waals surface area (Å²) in [6.45, 7) is 0. The molecule has 0 spiro atoms. The third-order valence-corrected chi connectivity index (χ3v) is 2.96. The lowest BCUT2D eigenvalue weighted by molar-refractivity contribution is 0.0593. The topological polar surface area (TPSA) is 69.9 Å². The normalized spacial score (nSPS) is 10.3. The lowest BCUT2D eigenvalue weighted by atomic mass is 10.1. The monoisotopic (exact) mass is 280 g/mol. The fraction of sp³-hybridized carbons (Fsp3) is 0.0667. The van der Waals surface area contributed by atoms with E-state index in [9.17, 15) is 4.79 Å². The second kappa shape index (κ2) is 5.54. The average molecular weight is 280 g/mol. The Morgan fingerprint density at radius 2 is 1.86 bits per heavy atom. The van der Waals surface area contributed by atoms with Crippen molar-refractivity contribution in [1.29, 1.82) is 0 Å². The Morgan fingerprint density at radius 1 is 1.05 bits per heavy atom. The van der Waals surface area contributed by atoms with Gasteiger partial charge in [-0.15, -0.1) is 0 Å². The van der Waals surface area contributed by atoms with E-state index in [1.54, 1.807) is 10.9 Å². The van der Waals surface area contributed by atoms with Crippen molar-refractivity contribution < 1.29 is 9.53 Å². The molecule has 3 aromatic rings. The Bertz CT molecular complexity index is 751. The van der Waals surface area contributed by atoms with Crippen molar-refractivity contribution in [2.45, 2.75) is 0 Å². The first-order valence-corrected chi connectivity index (χ1v) is 6.29. The van der Waals surface area contributed by atoms with Crippen LogP contribution in [0.3, 0.4) is 0 Å². The number of nitrogens with zero attached hydrogens (tertiary/aromatic N) is 4. The van der Waals surface area contributed by atoms with E-state index < -0.39 is 5.97 Å². The molecule has 0 fully saturated rings. The molecule has 0 aliphatic rings. The number of hydrogen-bond acceptors (Lipinski definition) is 5. The number of hydrogen-bond donors (Lipinski definition) is 0. The van der Waals surface area contributed by atoms with Gasteiger partial charge in [0.15, 0.2) is 11.5 Å². The highest BCUT2D eigenvalue weighted by molar-refractivity contribution is 5.86. The summed E-state index contributed by atoms with van der Waals surface area (Å²) < 4.78 is 6.19. The molecule has 0 saturated heterocycles. The number of carbonyl (C=O) groups excluding carboxylic acids is 1. The van der Waals surface area contributed by atoms with Crippen LogP contribution in [-0.2, 0) is 4.74 Å². The highest BCUT2D eigenvalue weighted by Crippen LogP contribution is 2.18. The van der Waals surface area contributed by atoms with Crippen molar-refractivity contribution >= 4 is 5.97 Å². The Hall–Kier alpha value is -3.02. The summed E-state index contributed by atoms with van der Waals surface area (Å²) >= 11 is 0. The third-order valence-electron chi connectivity index (χ3n) is 2.96. The van der Waals surface area contributed by atoms with Crippen LogP contribution in [0.1, 0.15) is 10.5 Å². The molecule has 0 atom stereocenters. The summed E-state index contributed by atoms with van der Waals surface area (Å²) in [7, 11) is 1.30. The standard InChI is InChI=1S/C15H12N4O2/c1-21-15(20)13-8-17-14(9-16-13)19-10-12(7-18-19)11-5-3-2-4-6-11/h2-10H,1H3. The molecular formula is C15H12N4O2. The van der Waals surface area contributed by atoms with E-state index >= 15 is 0 Å². The van der Waals surface area contributed by atoms with E-state index in [1.165, 1.54) is 19.5 Å². The molecule has 3 rings (SSSR count). The van der Waals surface area contributed by atoms with Crippen LogP contribution in [0.5, 0.6) is 0 Å². The molecule has 0 saturated carbocycles. The maximum Gasteiger partial charge on any atom is 0.358 e. The van der Waals surface area contributed by atoms with Gasteiger partial charge in [-0.05, 0) is 5.56 Å². The van der Waals surface area contributed by atoms with Gasteiger partial charge in [0, 0.05) is 11.8 Å². The number of rotatable bonds is 3. The fourth-order valence-electron chi connectivity index (χ4n) is 1.88. The van der Waals surface area contributed by atoms with Gasteiger partial charge in [0.05, 0.1) is 25.7 Å². The zero-order valence-corrected chi connectivity index (χ0v) is 11.3. The first-order chi connectivity index (χ1) is 10.3. The molecule has 0 bridgehead atoms. The molecule has 2 heterocycles. The van der Waals surface area contributed by atoms with E-state index in [1.807, 2.05) is 36.5 Å².